The van der Waals surface area contributed by atoms with Gasteiger partial charge in [0, 0.05) is 39.0 Å². The van der Waals surface area contributed by atoms with Gasteiger partial charge in [0.2, 0.25) is 21.8 Å². The van der Waals surface area contributed by atoms with E-state index in [1.807, 2.05) is 12.1 Å². The van der Waals surface area contributed by atoms with Gasteiger partial charge in [-0.3, -0.25) is 24.0 Å². The average molecular weight is 727 g/mol. The van der Waals surface area contributed by atoms with E-state index < -0.39 is 74.8 Å². The predicted octanol–water partition coefficient (Wildman–Crippen LogP) is 2.56. The van der Waals surface area contributed by atoms with Crippen LogP contribution in [-0.4, -0.2) is 102 Å². The van der Waals surface area contributed by atoms with Gasteiger partial charge in [0.25, 0.3) is 5.91 Å². The van der Waals surface area contributed by atoms with Crippen LogP contribution in [0.5, 0.6) is 0 Å². The molecule has 6 amide bonds. The fraction of sp³-hybridized carbons (Fsp3) is 0.639. The van der Waals surface area contributed by atoms with E-state index in [1.165, 1.54) is 16.5 Å². The van der Waals surface area contributed by atoms with Crippen molar-refractivity contribution in [1.29, 1.82) is 0 Å². The summed E-state index contributed by atoms with van der Waals surface area (Å²) >= 11 is 0. The third-order valence-corrected chi connectivity index (χ3v) is 12.8. The van der Waals surface area contributed by atoms with Crippen LogP contribution < -0.4 is 15.4 Å². The van der Waals surface area contributed by atoms with E-state index in [4.69, 9.17) is 4.74 Å². The third kappa shape index (κ3) is 7.73. The van der Waals surface area contributed by atoms with Gasteiger partial charge >= 0.3 is 12.1 Å². The molecule has 3 aliphatic heterocycles. The molecule has 1 aromatic carbocycles. The van der Waals surface area contributed by atoms with Crippen LogP contribution >= 0.6 is 0 Å². The minimum absolute atomic E-state index is 0.0508. The summed E-state index contributed by atoms with van der Waals surface area (Å²) in [6, 6.07) is 3.54. The maximum absolute atomic E-state index is 14.3. The molecule has 5 aliphatic rings. The van der Waals surface area contributed by atoms with Crippen molar-refractivity contribution in [2.24, 2.45) is 11.8 Å². The first-order valence-electron chi connectivity index (χ1n) is 18.1. The Morgan fingerprint density at radius 2 is 1.80 bits per heavy atom. The second kappa shape index (κ2) is 14.5. The quantitative estimate of drug-likeness (QED) is 0.360. The van der Waals surface area contributed by atoms with Crippen LogP contribution in [0.1, 0.15) is 81.9 Å². The van der Waals surface area contributed by atoms with Crippen molar-refractivity contribution in [2.45, 2.75) is 114 Å². The maximum atomic E-state index is 14.3. The van der Waals surface area contributed by atoms with E-state index in [0.29, 0.717) is 32.5 Å². The standard InChI is InChI=1S/C36H50N6O8S/c1-5-25-18-36(25,33(45)39-51(48,49)27-14-15-27)38-31(43)29-17-26-20-42(29)32(44)30(22(2)3)37-34(46)40(4)16-9-7-6-8-11-23-12-10-13-24-19-41(21-28(23)24)35(47)50-26/h5,10,12-13,22,25-27,29-30H,1,6-9,11,14-21H2,2-4H3,(H,37,46)(H,38,43)(H,39,45)/t25-,26+,29-,30-,36+/m0/s1. The number of aryl methyl sites for hydroxylation is 1. The summed E-state index contributed by atoms with van der Waals surface area (Å²) in [6.07, 6.45) is 5.67. The van der Waals surface area contributed by atoms with Crippen molar-refractivity contribution >= 4 is 39.9 Å². The highest BCUT2D eigenvalue weighted by molar-refractivity contribution is 7.91. The summed E-state index contributed by atoms with van der Waals surface area (Å²) in [5, 5.41) is 4.98. The highest BCUT2D eigenvalue weighted by Crippen LogP contribution is 2.45. The van der Waals surface area contributed by atoms with E-state index in [2.05, 4.69) is 28.0 Å². The smallest absolute Gasteiger partial charge is 0.410 e. The van der Waals surface area contributed by atoms with Gasteiger partial charge in [-0.25, -0.2) is 18.0 Å². The van der Waals surface area contributed by atoms with Gasteiger partial charge in [-0.05, 0) is 61.1 Å². The van der Waals surface area contributed by atoms with Gasteiger partial charge < -0.3 is 25.2 Å². The Bertz CT molecular complexity index is 1700. The molecule has 3 heterocycles. The highest BCUT2D eigenvalue weighted by atomic mass is 32.2. The zero-order valence-corrected chi connectivity index (χ0v) is 30.5. The number of sulfonamides is 1. The molecule has 51 heavy (non-hydrogen) atoms. The predicted molar refractivity (Wildman–Crippen MR) is 187 cm³/mol. The molecule has 3 N–H and O–H groups in total. The number of urea groups is 1. The molecule has 2 saturated carbocycles. The average Bonchev–Trinajstić information content (AvgIpc) is 3.98. The number of rotatable bonds is 7. The van der Waals surface area contributed by atoms with Crippen molar-refractivity contribution in [2.75, 3.05) is 20.1 Å². The van der Waals surface area contributed by atoms with Crippen LogP contribution in [0.15, 0.2) is 30.9 Å². The number of carbonyl (C=O) groups excluding carboxylic acids is 5. The highest BCUT2D eigenvalue weighted by Gasteiger charge is 2.62. The summed E-state index contributed by atoms with van der Waals surface area (Å²) in [5.74, 6) is -2.94. The van der Waals surface area contributed by atoms with Gasteiger partial charge in [-0.1, -0.05) is 51.0 Å². The van der Waals surface area contributed by atoms with Gasteiger partial charge in [0.15, 0.2) is 0 Å². The van der Waals surface area contributed by atoms with Crippen molar-refractivity contribution in [1.82, 2.24) is 30.1 Å². The number of amides is 6. The third-order valence-electron chi connectivity index (χ3n) is 11.0. The molecular formula is C36H50N6O8S. The zero-order chi connectivity index (χ0) is 36.7. The Morgan fingerprint density at radius 1 is 1.08 bits per heavy atom. The molecule has 3 fully saturated rings. The molecule has 0 aromatic heterocycles. The molecule has 5 atom stereocenters. The Balaban J connectivity index is 1.26. The molecule has 278 valence electrons. The number of hydrogen-bond acceptors (Lipinski definition) is 8. The Hall–Kier alpha value is -4.14. The number of nitrogens with zero attached hydrogens (tertiary/aromatic N) is 3. The summed E-state index contributed by atoms with van der Waals surface area (Å²) < 4.78 is 33.4. The Kier molecular flexibility index (Phi) is 10.4. The van der Waals surface area contributed by atoms with Crippen LogP contribution in [0.3, 0.4) is 0 Å². The summed E-state index contributed by atoms with van der Waals surface area (Å²) in [5.41, 5.74) is 1.83. The molecule has 2 aliphatic carbocycles. The minimum atomic E-state index is -3.89. The van der Waals surface area contributed by atoms with Crippen molar-refractivity contribution in [3.63, 3.8) is 0 Å². The van der Waals surface area contributed by atoms with E-state index in [0.717, 1.165) is 43.2 Å². The Labute approximate surface area is 299 Å². The lowest BCUT2D eigenvalue weighted by Crippen LogP contribution is -2.59. The van der Waals surface area contributed by atoms with Gasteiger partial charge in [0.1, 0.15) is 23.7 Å². The molecule has 15 heteroatoms. The molecule has 14 nitrogen and oxygen atoms in total. The second-order valence-electron chi connectivity index (χ2n) is 15.1. The van der Waals surface area contributed by atoms with E-state index >= 15 is 0 Å². The fourth-order valence-electron chi connectivity index (χ4n) is 7.52. The molecule has 0 spiro atoms. The van der Waals surface area contributed by atoms with E-state index in [9.17, 15) is 32.4 Å². The molecule has 0 unspecified atom stereocenters. The number of carbonyl (C=O) groups is 5. The van der Waals surface area contributed by atoms with Gasteiger partial charge in [0.05, 0.1) is 11.8 Å². The molecule has 1 aromatic rings. The SMILES string of the molecule is C=C[C@H]1C[C@]1(NC(=O)[C@@H]1C[C@@H]2CN1C(=O)[C@H](C(C)C)NC(=O)N(C)CCCCCCc1cccc3c1CN(C3)C(=O)O2)C(=O)NS(=O)(=O)C1CC1. The fourth-order valence-corrected chi connectivity index (χ4v) is 8.88. The van der Waals surface area contributed by atoms with E-state index in [1.54, 1.807) is 30.7 Å². The lowest BCUT2D eigenvalue weighted by Gasteiger charge is -2.32. The van der Waals surface area contributed by atoms with Crippen LogP contribution in [0, 0.1) is 11.8 Å². The first kappa shape index (κ1) is 36.6. The summed E-state index contributed by atoms with van der Waals surface area (Å²) in [6.45, 7) is 8.54. The first-order chi connectivity index (χ1) is 24.2. The molecule has 1 saturated heterocycles. The zero-order valence-electron chi connectivity index (χ0n) is 29.7. The molecular weight excluding hydrogens is 676 g/mol. The molecule has 0 radical (unpaired) electrons. The number of ether oxygens (including phenoxy) is 1. The van der Waals surface area contributed by atoms with Crippen LogP contribution in [0.25, 0.3) is 0 Å². The minimum Gasteiger partial charge on any atom is -0.444 e. The largest absolute Gasteiger partial charge is 0.444 e. The normalized spacial score (nSPS) is 28.9. The lowest BCUT2D eigenvalue weighted by atomic mass is 9.98. The second-order valence-corrected chi connectivity index (χ2v) is 17.1. The first-order valence-corrected chi connectivity index (χ1v) is 19.7. The van der Waals surface area contributed by atoms with Crippen LogP contribution in [0.2, 0.25) is 0 Å². The summed E-state index contributed by atoms with van der Waals surface area (Å²) in [4.78, 5) is 73.2. The summed E-state index contributed by atoms with van der Waals surface area (Å²) in [7, 11) is -2.21. The topological polar surface area (TPSA) is 175 Å². The van der Waals surface area contributed by atoms with Gasteiger partial charge in [-0.15, -0.1) is 6.58 Å². The number of fused-ring (bicyclic) bond motifs is 3. The maximum Gasteiger partial charge on any atom is 0.410 e. The molecule has 4 bridgehead atoms. The van der Waals surface area contributed by atoms with E-state index in [-0.39, 0.29) is 25.3 Å². The van der Waals surface area contributed by atoms with Crippen molar-refractivity contribution in [3.8, 4) is 0 Å². The Morgan fingerprint density at radius 3 is 2.49 bits per heavy atom. The van der Waals surface area contributed by atoms with Crippen molar-refractivity contribution < 1.29 is 37.1 Å². The van der Waals surface area contributed by atoms with Crippen LogP contribution in [-0.2, 0) is 48.7 Å². The van der Waals surface area contributed by atoms with Crippen molar-refractivity contribution in [3.05, 3.63) is 47.5 Å². The number of nitrogens with one attached hydrogen (secondary N) is 3. The molecule has 6 rings (SSSR count). The van der Waals surface area contributed by atoms with Gasteiger partial charge in [-0.2, -0.15) is 0 Å². The number of hydrogen-bond donors (Lipinski definition) is 3. The number of benzene rings is 1. The lowest BCUT2D eigenvalue weighted by molar-refractivity contribution is -0.141. The van der Waals surface area contributed by atoms with Crippen LogP contribution in [0.4, 0.5) is 9.59 Å². The monoisotopic (exact) mass is 726 g/mol.